The highest BCUT2D eigenvalue weighted by Gasteiger charge is 2.59. The van der Waals surface area contributed by atoms with Crippen molar-refractivity contribution < 1.29 is 23.1 Å². The number of nitrogens with zero attached hydrogens (tertiary/aromatic N) is 1. The molecular formula is C14H16ClNO5S. The minimum absolute atomic E-state index is 0.120. The number of sulfonamides is 1. The van der Waals surface area contributed by atoms with Gasteiger partial charge in [-0.1, -0.05) is 11.6 Å². The molecule has 0 unspecified atom stereocenters. The summed E-state index contributed by atoms with van der Waals surface area (Å²) in [6.07, 6.45) is 0.554. The second kappa shape index (κ2) is 5.19. The molecule has 2 aliphatic heterocycles. The number of hydrogen-bond acceptors (Lipinski definition) is 4. The average Bonchev–Trinajstić information content (AvgIpc) is 2.99. The third-order valence-corrected chi connectivity index (χ3v) is 6.68. The first-order valence-corrected chi connectivity index (χ1v) is 8.73. The number of aryl methyl sites for hydroxylation is 1. The number of fused-ring (bicyclic) bond motifs is 1. The first-order valence-electron chi connectivity index (χ1n) is 6.91. The molecule has 1 aromatic carbocycles. The number of ether oxygens (including phenoxy) is 1. The fourth-order valence-electron chi connectivity index (χ4n) is 3.13. The van der Waals surface area contributed by atoms with Crippen LogP contribution in [0, 0.1) is 12.8 Å². The van der Waals surface area contributed by atoms with Gasteiger partial charge >= 0.3 is 5.97 Å². The van der Waals surface area contributed by atoms with E-state index in [-0.39, 0.29) is 23.9 Å². The number of benzene rings is 1. The minimum atomic E-state index is -3.76. The maximum atomic E-state index is 12.7. The molecule has 2 saturated heterocycles. The molecule has 0 radical (unpaired) electrons. The molecule has 1 aromatic rings. The van der Waals surface area contributed by atoms with E-state index in [1.165, 1.54) is 22.5 Å². The molecule has 0 saturated carbocycles. The maximum absolute atomic E-state index is 12.7. The highest BCUT2D eigenvalue weighted by molar-refractivity contribution is 7.89. The summed E-state index contributed by atoms with van der Waals surface area (Å²) in [5.41, 5.74) is -0.750. The van der Waals surface area contributed by atoms with E-state index < -0.39 is 21.6 Å². The highest BCUT2D eigenvalue weighted by Crippen LogP contribution is 2.41. The summed E-state index contributed by atoms with van der Waals surface area (Å²) in [6.45, 7) is 2.08. The van der Waals surface area contributed by atoms with Crippen molar-refractivity contribution in [3.05, 3.63) is 28.8 Å². The zero-order chi connectivity index (χ0) is 16.1. The monoisotopic (exact) mass is 345 g/mol. The molecule has 2 atom stereocenters. The molecule has 1 N–H and O–H groups in total. The van der Waals surface area contributed by atoms with Gasteiger partial charge in [0, 0.05) is 24.1 Å². The second-order valence-corrected chi connectivity index (χ2v) is 8.08. The number of halogens is 1. The van der Waals surface area contributed by atoms with Crippen molar-refractivity contribution in [1.29, 1.82) is 0 Å². The molecule has 0 bridgehead atoms. The van der Waals surface area contributed by atoms with E-state index in [9.17, 15) is 18.3 Å². The van der Waals surface area contributed by atoms with Crippen LogP contribution in [0.1, 0.15) is 12.0 Å². The Kier molecular flexibility index (Phi) is 3.71. The average molecular weight is 346 g/mol. The number of carboxylic acid groups (broad SMARTS) is 1. The lowest BCUT2D eigenvalue weighted by molar-refractivity contribution is -0.160. The van der Waals surface area contributed by atoms with Crippen LogP contribution >= 0.6 is 11.6 Å². The van der Waals surface area contributed by atoms with Gasteiger partial charge in [-0.15, -0.1) is 0 Å². The lowest BCUT2D eigenvalue weighted by atomic mass is 9.91. The van der Waals surface area contributed by atoms with Crippen LogP contribution in [0.2, 0.25) is 5.02 Å². The van der Waals surface area contributed by atoms with Crippen LogP contribution in [0.15, 0.2) is 23.1 Å². The van der Waals surface area contributed by atoms with E-state index in [0.717, 1.165) is 0 Å². The molecule has 2 fully saturated rings. The summed E-state index contributed by atoms with van der Waals surface area (Å²) in [6, 6.07) is 4.47. The van der Waals surface area contributed by atoms with Gasteiger partial charge in [0.2, 0.25) is 10.0 Å². The van der Waals surface area contributed by atoms with Crippen LogP contribution in [-0.2, 0) is 19.6 Å². The van der Waals surface area contributed by atoms with Crippen LogP contribution in [0.4, 0.5) is 0 Å². The van der Waals surface area contributed by atoms with Crippen molar-refractivity contribution in [2.75, 3.05) is 19.7 Å². The molecule has 22 heavy (non-hydrogen) atoms. The quantitative estimate of drug-likeness (QED) is 0.897. The fraction of sp³-hybridized carbons (Fsp3) is 0.500. The second-order valence-electron chi connectivity index (χ2n) is 5.74. The predicted octanol–water partition coefficient (Wildman–Crippen LogP) is 1.51. The predicted molar refractivity (Wildman–Crippen MR) is 79.4 cm³/mol. The van der Waals surface area contributed by atoms with Gasteiger partial charge in [-0.05, 0) is 37.1 Å². The van der Waals surface area contributed by atoms with Crippen molar-refractivity contribution in [1.82, 2.24) is 4.31 Å². The van der Waals surface area contributed by atoms with E-state index in [1.807, 2.05) is 0 Å². The molecule has 120 valence electrons. The van der Waals surface area contributed by atoms with Gasteiger partial charge in [0.05, 0.1) is 11.4 Å². The van der Waals surface area contributed by atoms with Gasteiger partial charge in [0.1, 0.15) is 0 Å². The Hall–Kier alpha value is -1.15. The standard InChI is InChI=1S/C14H16ClNO5S/c1-9-6-11(2-3-12(9)15)22(19,20)16-7-10-4-5-21-14(10,8-16)13(17)18/h2-3,6,10H,4-5,7-8H2,1H3,(H,17,18)/t10-,14+/m0/s1. The van der Waals surface area contributed by atoms with E-state index in [1.54, 1.807) is 6.92 Å². The molecule has 0 aliphatic carbocycles. The van der Waals surface area contributed by atoms with Crippen LogP contribution in [0.25, 0.3) is 0 Å². The van der Waals surface area contributed by atoms with Gasteiger partial charge in [0.15, 0.2) is 5.60 Å². The first-order chi connectivity index (χ1) is 10.3. The van der Waals surface area contributed by atoms with Crippen LogP contribution in [0.5, 0.6) is 0 Å². The van der Waals surface area contributed by atoms with Crippen LogP contribution < -0.4 is 0 Å². The van der Waals surface area contributed by atoms with Crippen molar-refractivity contribution in [3.8, 4) is 0 Å². The molecule has 2 aliphatic rings. The van der Waals surface area contributed by atoms with Gasteiger partial charge in [-0.25, -0.2) is 13.2 Å². The first kappa shape index (κ1) is 15.7. The zero-order valence-electron chi connectivity index (χ0n) is 12.0. The van der Waals surface area contributed by atoms with Crippen molar-refractivity contribution in [2.24, 2.45) is 5.92 Å². The van der Waals surface area contributed by atoms with Crippen molar-refractivity contribution in [2.45, 2.75) is 23.8 Å². The van der Waals surface area contributed by atoms with Gasteiger partial charge in [-0.3, -0.25) is 0 Å². The number of aliphatic carboxylic acids is 1. The van der Waals surface area contributed by atoms with Crippen LogP contribution in [0.3, 0.4) is 0 Å². The highest BCUT2D eigenvalue weighted by atomic mass is 35.5. The topological polar surface area (TPSA) is 83.9 Å². The largest absolute Gasteiger partial charge is 0.479 e. The van der Waals surface area contributed by atoms with Crippen LogP contribution in [-0.4, -0.2) is 49.1 Å². The Bertz CT molecular complexity index is 735. The molecule has 8 heteroatoms. The van der Waals surface area contributed by atoms with E-state index in [0.29, 0.717) is 23.6 Å². The number of carbonyl (C=O) groups is 1. The van der Waals surface area contributed by atoms with E-state index >= 15 is 0 Å². The number of hydrogen-bond donors (Lipinski definition) is 1. The Balaban J connectivity index is 1.94. The smallest absolute Gasteiger partial charge is 0.337 e. The third-order valence-electron chi connectivity index (χ3n) is 4.45. The minimum Gasteiger partial charge on any atom is -0.479 e. The normalized spacial score (nSPS) is 28.7. The molecule has 6 nitrogen and oxygen atoms in total. The SMILES string of the molecule is Cc1cc(S(=O)(=O)N2C[C@@H]3CCO[C@]3(C(=O)O)C2)ccc1Cl. The third kappa shape index (κ3) is 2.23. The zero-order valence-corrected chi connectivity index (χ0v) is 13.5. The van der Waals surface area contributed by atoms with Gasteiger partial charge in [-0.2, -0.15) is 4.31 Å². The summed E-state index contributed by atoms with van der Waals surface area (Å²) in [7, 11) is -3.76. The fourth-order valence-corrected chi connectivity index (χ4v) is 4.85. The molecule has 0 amide bonds. The van der Waals surface area contributed by atoms with E-state index in [2.05, 4.69) is 0 Å². The molecule has 0 aromatic heterocycles. The van der Waals surface area contributed by atoms with E-state index in [4.69, 9.17) is 16.3 Å². The summed E-state index contributed by atoms with van der Waals surface area (Å²) in [5.74, 6) is -1.41. The van der Waals surface area contributed by atoms with Crippen molar-refractivity contribution in [3.63, 3.8) is 0 Å². The maximum Gasteiger partial charge on any atom is 0.337 e. The molecule has 3 rings (SSSR count). The molecular weight excluding hydrogens is 330 g/mol. The Morgan fingerprint density at radius 2 is 2.23 bits per heavy atom. The Morgan fingerprint density at radius 3 is 2.82 bits per heavy atom. The number of rotatable bonds is 3. The Labute approximate surface area is 133 Å². The summed E-state index contributed by atoms with van der Waals surface area (Å²) >= 11 is 5.93. The van der Waals surface area contributed by atoms with Gasteiger partial charge in [0.25, 0.3) is 0 Å². The Morgan fingerprint density at radius 1 is 1.50 bits per heavy atom. The summed E-state index contributed by atoms with van der Waals surface area (Å²) in [4.78, 5) is 11.7. The lowest BCUT2D eigenvalue weighted by Gasteiger charge is -2.23. The molecule has 2 heterocycles. The number of carboxylic acids is 1. The summed E-state index contributed by atoms with van der Waals surface area (Å²) < 4.78 is 32.1. The lowest BCUT2D eigenvalue weighted by Crippen LogP contribution is -2.45. The summed E-state index contributed by atoms with van der Waals surface area (Å²) in [5, 5.41) is 9.93. The molecule has 0 spiro atoms. The van der Waals surface area contributed by atoms with Crippen molar-refractivity contribution >= 4 is 27.6 Å². The van der Waals surface area contributed by atoms with Gasteiger partial charge < -0.3 is 9.84 Å².